The molecule has 0 saturated heterocycles. The van der Waals surface area contributed by atoms with Crippen molar-refractivity contribution in [3.8, 4) is 11.3 Å². The average Bonchev–Trinajstić information content (AvgIpc) is 2.84. The third kappa shape index (κ3) is 3.37. The number of nitrogens with zero attached hydrogens (tertiary/aromatic N) is 2. The fourth-order valence-electron chi connectivity index (χ4n) is 2.54. The number of ketones is 1. The van der Waals surface area contributed by atoms with Gasteiger partial charge in [-0.15, -0.1) is 0 Å². The molecule has 0 aliphatic heterocycles. The van der Waals surface area contributed by atoms with E-state index in [1.54, 1.807) is 28.8 Å². The van der Waals surface area contributed by atoms with Gasteiger partial charge < -0.3 is 0 Å². The Morgan fingerprint density at radius 3 is 2.62 bits per heavy atom. The van der Waals surface area contributed by atoms with Gasteiger partial charge in [-0.3, -0.25) is 10.5 Å². The molecule has 0 atom stereocenters. The van der Waals surface area contributed by atoms with Gasteiger partial charge in [0.2, 0.25) is 0 Å². The van der Waals surface area contributed by atoms with Gasteiger partial charge in [-0.2, -0.15) is 0 Å². The van der Waals surface area contributed by atoms with E-state index in [4.69, 9.17) is 17.3 Å². The molecule has 0 spiro atoms. The van der Waals surface area contributed by atoms with Crippen LogP contribution in [0.1, 0.15) is 10.4 Å². The predicted octanol–water partition coefficient (Wildman–Crippen LogP) is 3.86. The van der Waals surface area contributed by atoms with Gasteiger partial charge in [-0.05, 0) is 36.4 Å². The van der Waals surface area contributed by atoms with Crippen molar-refractivity contribution in [2.45, 2.75) is 6.54 Å². The van der Waals surface area contributed by atoms with Crippen LogP contribution in [-0.2, 0) is 13.6 Å². The molecule has 0 unspecified atom stereocenters. The normalized spacial score (nSPS) is 10.8. The molecular formula is C18H16BrClN3O+. The third-order valence-corrected chi connectivity index (χ3v) is 4.62. The molecule has 6 heteroatoms. The van der Waals surface area contributed by atoms with Gasteiger partial charge in [-0.25, -0.2) is 9.13 Å². The molecule has 0 aliphatic carbocycles. The zero-order valence-corrected chi connectivity index (χ0v) is 15.4. The number of aromatic nitrogens is 2. The van der Waals surface area contributed by atoms with E-state index < -0.39 is 0 Å². The number of hydrogen-bond donors (Lipinski definition) is 1. The average molecular weight is 406 g/mol. The summed E-state index contributed by atoms with van der Waals surface area (Å²) in [5.41, 5.74) is 8.75. The molecule has 0 fully saturated rings. The Hall–Kier alpha value is -2.11. The molecule has 24 heavy (non-hydrogen) atoms. The molecule has 0 bridgehead atoms. The van der Waals surface area contributed by atoms with Gasteiger partial charge in [0.1, 0.15) is 18.4 Å². The summed E-state index contributed by atoms with van der Waals surface area (Å²) in [6.07, 6.45) is 1.89. The molecule has 3 rings (SSSR count). The first kappa shape index (κ1) is 16.7. The van der Waals surface area contributed by atoms with Gasteiger partial charge in [0, 0.05) is 20.6 Å². The van der Waals surface area contributed by atoms with Crippen LogP contribution in [0.2, 0.25) is 5.02 Å². The van der Waals surface area contributed by atoms with Gasteiger partial charge >= 0.3 is 5.95 Å². The van der Waals surface area contributed by atoms with Crippen molar-refractivity contribution >= 4 is 39.3 Å². The van der Waals surface area contributed by atoms with Crippen LogP contribution in [0, 0.1) is 0 Å². The number of benzene rings is 2. The maximum absolute atomic E-state index is 12.5. The minimum Gasteiger partial charge on any atom is -0.291 e. The van der Waals surface area contributed by atoms with Crippen molar-refractivity contribution < 1.29 is 9.36 Å². The van der Waals surface area contributed by atoms with E-state index in [1.165, 1.54) is 0 Å². The van der Waals surface area contributed by atoms with Crippen molar-refractivity contribution in [1.29, 1.82) is 0 Å². The fourth-order valence-corrected chi connectivity index (χ4v) is 3.07. The molecule has 1 aromatic heterocycles. The number of anilines is 1. The largest absolute Gasteiger partial charge is 0.355 e. The topological polar surface area (TPSA) is 51.9 Å². The first-order valence-corrected chi connectivity index (χ1v) is 8.52. The number of carbonyl (C=O) groups is 1. The summed E-state index contributed by atoms with van der Waals surface area (Å²) in [6.45, 7) is 0.176. The van der Waals surface area contributed by atoms with Crippen LogP contribution in [0.15, 0.2) is 59.2 Å². The highest BCUT2D eigenvalue weighted by molar-refractivity contribution is 9.10. The fraction of sp³-hybridized carbons (Fsp3) is 0.111. The Kier molecular flexibility index (Phi) is 4.73. The number of carbonyl (C=O) groups excluding carboxylic acids is 1. The van der Waals surface area contributed by atoms with Crippen LogP contribution in [0.5, 0.6) is 0 Å². The second-order valence-electron chi connectivity index (χ2n) is 5.50. The van der Waals surface area contributed by atoms with E-state index in [1.807, 2.05) is 42.1 Å². The molecule has 3 aromatic rings. The van der Waals surface area contributed by atoms with E-state index in [2.05, 4.69) is 15.9 Å². The zero-order chi connectivity index (χ0) is 17.3. The first-order chi connectivity index (χ1) is 11.5. The summed E-state index contributed by atoms with van der Waals surface area (Å²) in [6, 6.07) is 14.8. The van der Waals surface area contributed by atoms with Crippen LogP contribution < -0.4 is 10.3 Å². The summed E-state index contributed by atoms with van der Waals surface area (Å²) >= 11 is 9.34. The first-order valence-electron chi connectivity index (χ1n) is 7.35. The third-order valence-electron chi connectivity index (χ3n) is 3.88. The van der Waals surface area contributed by atoms with Crippen LogP contribution >= 0.6 is 27.5 Å². The van der Waals surface area contributed by atoms with Crippen LogP contribution in [0.4, 0.5) is 5.95 Å². The molecule has 0 amide bonds. The Bertz CT molecular complexity index is 903. The van der Waals surface area contributed by atoms with Crippen LogP contribution in [0.25, 0.3) is 11.3 Å². The molecule has 2 N–H and O–H groups in total. The molecule has 0 aliphatic rings. The zero-order valence-electron chi connectivity index (χ0n) is 13.0. The minimum absolute atomic E-state index is 0.0187. The number of halogens is 2. The van der Waals surface area contributed by atoms with Crippen molar-refractivity contribution in [2.75, 3.05) is 5.73 Å². The summed E-state index contributed by atoms with van der Waals surface area (Å²) in [4.78, 5) is 12.5. The molecule has 0 saturated carbocycles. The van der Waals surface area contributed by atoms with Crippen molar-refractivity contribution in [3.05, 3.63) is 69.8 Å². The number of rotatable bonds is 4. The van der Waals surface area contributed by atoms with Crippen molar-refractivity contribution in [1.82, 2.24) is 4.57 Å². The van der Waals surface area contributed by atoms with Crippen molar-refractivity contribution in [2.24, 2.45) is 7.05 Å². The number of hydrogen-bond acceptors (Lipinski definition) is 2. The Morgan fingerprint density at radius 2 is 1.96 bits per heavy atom. The molecule has 1 heterocycles. The second kappa shape index (κ2) is 6.79. The van der Waals surface area contributed by atoms with E-state index in [9.17, 15) is 4.79 Å². The molecule has 4 nitrogen and oxygen atoms in total. The highest BCUT2D eigenvalue weighted by Crippen LogP contribution is 2.23. The van der Waals surface area contributed by atoms with Gasteiger partial charge in [0.05, 0.1) is 7.05 Å². The SMILES string of the molecule is Cn1c(-c2cccc(Br)c2)c[n+](CC(=O)c2ccc(Cl)cc2)c1N. The van der Waals surface area contributed by atoms with E-state index in [0.717, 1.165) is 15.7 Å². The summed E-state index contributed by atoms with van der Waals surface area (Å²) in [5.74, 6) is 0.502. The van der Waals surface area contributed by atoms with Crippen molar-refractivity contribution in [3.63, 3.8) is 0 Å². The molecule has 122 valence electrons. The number of imidazole rings is 1. The van der Waals surface area contributed by atoms with Gasteiger partial charge in [0.15, 0.2) is 5.78 Å². The van der Waals surface area contributed by atoms with Gasteiger partial charge in [0.25, 0.3) is 0 Å². The highest BCUT2D eigenvalue weighted by atomic mass is 79.9. The standard InChI is InChI=1S/C18H15BrClN3O/c1-22-16(13-3-2-4-14(19)9-13)10-23(18(22)21)11-17(24)12-5-7-15(20)8-6-12/h2-10,21H,11H2,1H3/p+1. The van der Waals surface area contributed by atoms with E-state index in [-0.39, 0.29) is 12.3 Å². The monoisotopic (exact) mass is 404 g/mol. The lowest BCUT2D eigenvalue weighted by Gasteiger charge is -2.00. The lowest BCUT2D eigenvalue weighted by atomic mass is 10.1. The van der Waals surface area contributed by atoms with Gasteiger partial charge in [-0.1, -0.05) is 39.7 Å². The molecule has 0 radical (unpaired) electrons. The van der Waals surface area contributed by atoms with Crippen LogP contribution in [0.3, 0.4) is 0 Å². The molecular weight excluding hydrogens is 390 g/mol. The number of Topliss-reactive ketones (excluding diaryl/α,β-unsaturated/α-hetero) is 1. The molecule has 2 aromatic carbocycles. The Labute approximate surface area is 153 Å². The summed E-state index contributed by atoms with van der Waals surface area (Å²) in [7, 11) is 1.88. The van der Waals surface area contributed by atoms with E-state index >= 15 is 0 Å². The lowest BCUT2D eigenvalue weighted by Crippen LogP contribution is -2.39. The minimum atomic E-state index is -0.0187. The smallest absolute Gasteiger partial charge is 0.291 e. The predicted molar refractivity (Wildman–Crippen MR) is 98.9 cm³/mol. The number of nitrogen functional groups attached to an aromatic ring is 1. The lowest BCUT2D eigenvalue weighted by molar-refractivity contribution is -0.667. The maximum Gasteiger partial charge on any atom is 0.355 e. The summed E-state index contributed by atoms with van der Waals surface area (Å²) in [5, 5.41) is 0.607. The quantitative estimate of drug-likeness (QED) is 0.529. The van der Waals surface area contributed by atoms with E-state index in [0.29, 0.717) is 16.5 Å². The number of nitrogens with two attached hydrogens (primary N) is 1. The Balaban J connectivity index is 1.91. The Morgan fingerprint density at radius 1 is 1.25 bits per heavy atom. The highest BCUT2D eigenvalue weighted by Gasteiger charge is 2.20. The van der Waals surface area contributed by atoms with Crippen LogP contribution in [-0.4, -0.2) is 10.4 Å². The maximum atomic E-state index is 12.5. The summed E-state index contributed by atoms with van der Waals surface area (Å²) < 4.78 is 4.62. The second-order valence-corrected chi connectivity index (χ2v) is 6.85.